The zero-order valence-electron chi connectivity index (χ0n) is 13.7. The first-order chi connectivity index (χ1) is 11.5. The fraction of sp³-hybridized carbons (Fsp3) is 0.643. The summed E-state index contributed by atoms with van der Waals surface area (Å²) < 4.78 is 4.17. The Morgan fingerprint density at radius 3 is 2.62 bits per heavy atom. The highest BCUT2D eigenvalue weighted by Gasteiger charge is 2.34. The molecule has 0 bridgehead atoms. The molecular formula is C14H22ClN4O4P. The average molecular weight is 377 g/mol. The molecule has 0 aromatic carbocycles. The number of rotatable bonds is 6. The number of nitrogens with zero attached hydrogens (tertiary/aromatic N) is 4. The molecule has 0 aliphatic heterocycles. The molecule has 134 valence electrons. The largest absolute Gasteiger partial charge is 0.369 e. The predicted molar refractivity (Wildman–Crippen MR) is 95.3 cm³/mol. The number of hydrogen-bond donors (Lipinski definition) is 0. The van der Waals surface area contributed by atoms with E-state index in [4.69, 9.17) is 11.6 Å². The lowest BCUT2D eigenvalue weighted by Crippen LogP contribution is -2.44. The Hall–Kier alpha value is -1.37. The number of aromatic nitrogens is 2. The van der Waals surface area contributed by atoms with Crippen LogP contribution in [0.1, 0.15) is 39.0 Å². The van der Waals surface area contributed by atoms with E-state index < -0.39 is 11.0 Å². The average Bonchev–Trinajstić information content (AvgIpc) is 3.06. The summed E-state index contributed by atoms with van der Waals surface area (Å²) in [6.45, 7) is 1.87. The number of carbonyl (C=O) groups excluding carboxylic acids is 1. The van der Waals surface area contributed by atoms with Crippen LogP contribution in [-0.2, 0) is 9.32 Å². The normalized spacial score (nSPS) is 15.3. The van der Waals surface area contributed by atoms with E-state index in [1.807, 2.05) is 6.92 Å². The van der Waals surface area contributed by atoms with Gasteiger partial charge in [-0.1, -0.05) is 19.8 Å². The van der Waals surface area contributed by atoms with E-state index in [2.05, 4.69) is 24.0 Å². The molecule has 1 aliphatic carbocycles. The lowest BCUT2D eigenvalue weighted by atomic mass is 10.1. The molecule has 1 aromatic heterocycles. The maximum atomic E-state index is 11.4. The summed E-state index contributed by atoms with van der Waals surface area (Å²) in [7, 11) is 3.67. The van der Waals surface area contributed by atoms with Crippen molar-refractivity contribution in [3.05, 3.63) is 21.6 Å². The van der Waals surface area contributed by atoms with Crippen LogP contribution in [0.3, 0.4) is 0 Å². The Kier molecular flexibility index (Phi) is 9.03. The smallest absolute Gasteiger partial charge is 0.329 e. The van der Waals surface area contributed by atoms with Crippen LogP contribution in [0.4, 0.5) is 11.5 Å². The SMILES string of the molecule is CCC(C=O)N(c1nc(Cl)ncc1[N+](=O)[O-])C1CCCC1.COP. The first-order valence-electron chi connectivity index (χ1n) is 7.63. The highest BCUT2D eigenvalue weighted by molar-refractivity contribution is 7.09. The Morgan fingerprint density at radius 2 is 2.17 bits per heavy atom. The number of carbonyl (C=O) groups is 1. The van der Waals surface area contributed by atoms with E-state index in [0.29, 0.717) is 6.42 Å². The van der Waals surface area contributed by atoms with Crippen molar-refractivity contribution in [1.29, 1.82) is 0 Å². The molecule has 0 saturated heterocycles. The van der Waals surface area contributed by atoms with Crippen molar-refractivity contribution in [3.63, 3.8) is 0 Å². The van der Waals surface area contributed by atoms with E-state index in [1.165, 1.54) is 0 Å². The Balaban J connectivity index is 0.000000891. The number of halogens is 1. The van der Waals surface area contributed by atoms with Gasteiger partial charge in [-0.25, -0.2) is 4.98 Å². The van der Waals surface area contributed by atoms with Gasteiger partial charge in [0.2, 0.25) is 11.1 Å². The van der Waals surface area contributed by atoms with Gasteiger partial charge in [0.15, 0.2) is 0 Å². The summed E-state index contributed by atoms with van der Waals surface area (Å²) >= 11 is 5.80. The molecule has 0 amide bonds. The molecule has 0 radical (unpaired) electrons. The van der Waals surface area contributed by atoms with Gasteiger partial charge in [-0.3, -0.25) is 10.1 Å². The zero-order valence-corrected chi connectivity index (χ0v) is 15.6. The van der Waals surface area contributed by atoms with Crippen LogP contribution in [-0.4, -0.2) is 40.4 Å². The van der Waals surface area contributed by atoms with Crippen LogP contribution >= 0.6 is 21.1 Å². The van der Waals surface area contributed by atoms with E-state index >= 15 is 0 Å². The van der Waals surface area contributed by atoms with Crippen LogP contribution in [0.15, 0.2) is 6.20 Å². The topological polar surface area (TPSA) is 98.5 Å². The number of aldehydes is 1. The summed E-state index contributed by atoms with van der Waals surface area (Å²) in [5.74, 6) is 0.144. The van der Waals surface area contributed by atoms with E-state index in [-0.39, 0.29) is 22.8 Å². The van der Waals surface area contributed by atoms with Crippen LogP contribution in [0.25, 0.3) is 0 Å². The maximum absolute atomic E-state index is 11.4. The minimum atomic E-state index is -0.537. The molecule has 2 atom stereocenters. The van der Waals surface area contributed by atoms with Crippen LogP contribution in [0, 0.1) is 10.1 Å². The van der Waals surface area contributed by atoms with Gasteiger partial charge < -0.3 is 14.2 Å². The molecule has 0 spiro atoms. The molecular weight excluding hydrogens is 355 g/mol. The van der Waals surface area contributed by atoms with Gasteiger partial charge in [0.1, 0.15) is 12.5 Å². The summed E-state index contributed by atoms with van der Waals surface area (Å²) in [5, 5.41) is 11.2. The van der Waals surface area contributed by atoms with Crippen LogP contribution in [0.2, 0.25) is 5.28 Å². The molecule has 1 saturated carbocycles. The van der Waals surface area contributed by atoms with Crippen LogP contribution in [0.5, 0.6) is 0 Å². The van der Waals surface area contributed by atoms with E-state index in [9.17, 15) is 14.9 Å². The maximum Gasteiger partial charge on any atom is 0.329 e. The highest BCUT2D eigenvalue weighted by Crippen LogP contribution is 2.34. The predicted octanol–water partition coefficient (Wildman–Crippen LogP) is 3.19. The van der Waals surface area contributed by atoms with Crippen molar-refractivity contribution in [2.45, 2.75) is 51.1 Å². The summed E-state index contributed by atoms with van der Waals surface area (Å²) in [5.41, 5.74) is -0.216. The number of anilines is 1. The standard InChI is InChI=1S/C13H17ClN4O3.CH5OP/c1-2-9(8-19)17(10-5-3-4-6-10)12-11(18(20)21)7-15-13(14)16-12;1-2-3/h7-10H,2-6H2,1H3;3H2,1H3. The number of hydrogen-bond acceptors (Lipinski definition) is 7. The third-order valence-corrected chi connectivity index (χ3v) is 3.99. The second kappa shape index (κ2) is 10.5. The van der Waals surface area contributed by atoms with E-state index in [0.717, 1.165) is 38.2 Å². The monoisotopic (exact) mass is 376 g/mol. The summed E-state index contributed by atoms with van der Waals surface area (Å²) in [4.78, 5) is 31.5. The fourth-order valence-electron chi connectivity index (χ4n) is 2.81. The first kappa shape index (κ1) is 20.7. The first-order valence-corrected chi connectivity index (χ1v) is 8.48. The second-order valence-corrected chi connectivity index (χ2v) is 6.11. The van der Waals surface area contributed by atoms with Crippen LogP contribution < -0.4 is 4.90 Å². The van der Waals surface area contributed by atoms with Crippen molar-refractivity contribution in [3.8, 4) is 0 Å². The molecule has 0 N–H and O–H groups in total. The Morgan fingerprint density at radius 1 is 1.58 bits per heavy atom. The lowest BCUT2D eigenvalue weighted by molar-refractivity contribution is -0.384. The second-order valence-electron chi connectivity index (χ2n) is 5.30. The minimum Gasteiger partial charge on any atom is -0.369 e. The molecule has 10 heteroatoms. The minimum absolute atomic E-state index is 0.0562. The molecule has 1 heterocycles. The van der Waals surface area contributed by atoms with Gasteiger partial charge in [-0.05, 0) is 40.3 Å². The van der Waals surface area contributed by atoms with Gasteiger partial charge in [0, 0.05) is 13.2 Å². The molecule has 1 aliphatic rings. The van der Waals surface area contributed by atoms with E-state index in [1.54, 1.807) is 12.0 Å². The van der Waals surface area contributed by atoms with Gasteiger partial charge in [-0.15, -0.1) is 0 Å². The van der Waals surface area contributed by atoms with Gasteiger partial charge in [0.25, 0.3) is 0 Å². The van der Waals surface area contributed by atoms with Crippen molar-refractivity contribution >= 4 is 38.9 Å². The Labute approximate surface area is 148 Å². The van der Waals surface area contributed by atoms with Gasteiger partial charge in [-0.2, -0.15) is 4.98 Å². The number of nitro groups is 1. The quantitative estimate of drug-likeness (QED) is 0.247. The molecule has 1 fully saturated rings. The molecule has 1 aromatic rings. The van der Waals surface area contributed by atoms with Crippen molar-refractivity contribution < 1.29 is 14.2 Å². The van der Waals surface area contributed by atoms with Gasteiger partial charge >= 0.3 is 5.69 Å². The fourth-order valence-corrected chi connectivity index (χ4v) is 2.94. The summed E-state index contributed by atoms with van der Waals surface area (Å²) in [6.07, 6.45) is 6.35. The molecule has 2 rings (SSSR count). The highest BCUT2D eigenvalue weighted by atomic mass is 35.5. The van der Waals surface area contributed by atoms with Crippen molar-refractivity contribution in [1.82, 2.24) is 9.97 Å². The molecule has 24 heavy (non-hydrogen) atoms. The Bertz CT molecular complexity index is 558. The van der Waals surface area contributed by atoms with Crippen molar-refractivity contribution in [2.75, 3.05) is 12.0 Å². The molecule has 8 nitrogen and oxygen atoms in total. The van der Waals surface area contributed by atoms with Gasteiger partial charge in [0.05, 0.1) is 11.0 Å². The lowest BCUT2D eigenvalue weighted by Gasteiger charge is -2.33. The molecule has 2 unspecified atom stereocenters. The zero-order chi connectivity index (χ0) is 18.1. The third-order valence-electron chi connectivity index (χ3n) is 3.81. The summed E-state index contributed by atoms with van der Waals surface area (Å²) in [6, 6.07) is -0.373. The third kappa shape index (κ3) is 5.33. The van der Waals surface area contributed by atoms with Crippen molar-refractivity contribution in [2.24, 2.45) is 0 Å².